The largest absolute Gasteiger partial charge is 0.331 e. The zero-order chi connectivity index (χ0) is 9.31. The Morgan fingerprint density at radius 3 is 2.85 bits per heavy atom. The predicted molar refractivity (Wildman–Crippen MR) is 44.1 cm³/mol. The van der Waals surface area contributed by atoms with Gasteiger partial charge in [0.05, 0.1) is 0 Å². The molecule has 2 aliphatic rings. The molecule has 72 valence electrons. The van der Waals surface area contributed by atoms with Crippen LogP contribution in [0, 0.1) is 0 Å². The van der Waals surface area contributed by atoms with Crippen molar-refractivity contribution in [1.82, 2.24) is 21.7 Å². The maximum atomic E-state index is 11.2. The molecule has 2 fully saturated rings. The van der Waals surface area contributed by atoms with Gasteiger partial charge in [0.2, 0.25) is 0 Å². The normalized spacial score (nSPS) is 34.2. The number of carbonyl (C=O) groups excluding carboxylic acids is 2. The van der Waals surface area contributed by atoms with Gasteiger partial charge in [0.25, 0.3) is 0 Å². The first-order valence-corrected chi connectivity index (χ1v) is 4.32. The van der Waals surface area contributed by atoms with Crippen molar-refractivity contribution in [1.29, 1.82) is 0 Å². The molecule has 1 heterocycles. The van der Waals surface area contributed by atoms with E-state index in [0.717, 1.165) is 12.8 Å². The van der Waals surface area contributed by atoms with Gasteiger partial charge in [-0.3, -0.25) is 10.2 Å². The van der Waals surface area contributed by atoms with Gasteiger partial charge in [-0.2, -0.15) is 5.53 Å². The second kappa shape index (κ2) is 2.97. The van der Waals surface area contributed by atoms with Crippen molar-refractivity contribution in [3.8, 4) is 0 Å². The van der Waals surface area contributed by atoms with Gasteiger partial charge in [-0.1, -0.05) is 0 Å². The lowest BCUT2D eigenvalue weighted by molar-refractivity contribution is -0.123. The summed E-state index contributed by atoms with van der Waals surface area (Å²) in [7, 11) is 0. The van der Waals surface area contributed by atoms with Gasteiger partial charge in [0, 0.05) is 12.8 Å². The van der Waals surface area contributed by atoms with Crippen molar-refractivity contribution in [2.45, 2.75) is 31.3 Å². The Balaban J connectivity index is 2.09. The minimum atomic E-state index is -0.572. The Morgan fingerprint density at radius 1 is 1.31 bits per heavy atom. The maximum absolute atomic E-state index is 11.2. The molecule has 2 amide bonds. The van der Waals surface area contributed by atoms with Crippen LogP contribution in [0.15, 0.2) is 0 Å². The van der Waals surface area contributed by atoms with Crippen LogP contribution in [-0.2, 0) is 4.79 Å². The highest BCUT2D eigenvalue weighted by molar-refractivity contribution is 5.82. The molecule has 0 aromatic rings. The Morgan fingerprint density at radius 2 is 2.15 bits per heavy atom. The van der Waals surface area contributed by atoms with E-state index >= 15 is 0 Å². The second-order valence-electron chi connectivity index (χ2n) is 3.48. The summed E-state index contributed by atoms with van der Waals surface area (Å²) in [6.07, 6.45) is 2.56. The van der Waals surface area contributed by atoms with Gasteiger partial charge in [0.1, 0.15) is 11.4 Å². The molecule has 1 saturated heterocycles. The van der Waals surface area contributed by atoms with E-state index in [9.17, 15) is 9.59 Å². The van der Waals surface area contributed by atoms with Crippen molar-refractivity contribution >= 4 is 11.8 Å². The minimum absolute atomic E-state index is 0.183. The van der Waals surface area contributed by atoms with Crippen LogP contribution in [0.1, 0.15) is 25.7 Å². The van der Waals surface area contributed by atoms with E-state index in [1.807, 2.05) is 0 Å². The van der Waals surface area contributed by atoms with Crippen molar-refractivity contribution in [2.24, 2.45) is 0 Å². The molecule has 4 N–H and O–H groups in total. The molecule has 2 rings (SSSR count). The van der Waals surface area contributed by atoms with Crippen LogP contribution >= 0.6 is 0 Å². The first kappa shape index (κ1) is 8.46. The smallest absolute Gasteiger partial charge is 0.317 e. The molecule has 0 radical (unpaired) electrons. The SMILES string of the molecule is O=C1CCCC2(C1)NNNC(=O)N2. The van der Waals surface area contributed by atoms with E-state index in [1.165, 1.54) is 0 Å². The molecule has 0 aromatic carbocycles. The highest BCUT2D eigenvalue weighted by Gasteiger charge is 2.39. The molecule has 1 unspecified atom stereocenters. The number of rotatable bonds is 0. The van der Waals surface area contributed by atoms with Crippen LogP contribution < -0.4 is 21.7 Å². The van der Waals surface area contributed by atoms with E-state index in [0.29, 0.717) is 12.8 Å². The van der Waals surface area contributed by atoms with Gasteiger partial charge >= 0.3 is 6.03 Å². The minimum Gasteiger partial charge on any atom is -0.317 e. The molecular formula is C7H12N4O2. The number of Topliss-reactive ketones (excluding diaryl/α,β-unsaturated/α-hetero) is 1. The maximum Gasteiger partial charge on any atom is 0.331 e. The first-order valence-electron chi connectivity index (χ1n) is 4.32. The van der Waals surface area contributed by atoms with Crippen molar-refractivity contribution in [3.63, 3.8) is 0 Å². The molecule has 1 spiro atoms. The van der Waals surface area contributed by atoms with Gasteiger partial charge in [-0.05, 0) is 12.8 Å². The summed E-state index contributed by atoms with van der Waals surface area (Å²) in [6, 6.07) is -0.298. The fourth-order valence-corrected chi connectivity index (χ4v) is 1.80. The van der Waals surface area contributed by atoms with Gasteiger partial charge in [-0.25, -0.2) is 10.2 Å². The fourth-order valence-electron chi connectivity index (χ4n) is 1.80. The van der Waals surface area contributed by atoms with E-state index in [-0.39, 0.29) is 11.8 Å². The van der Waals surface area contributed by atoms with E-state index < -0.39 is 5.66 Å². The lowest BCUT2D eigenvalue weighted by Gasteiger charge is -2.41. The highest BCUT2D eigenvalue weighted by Crippen LogP contribution is 2.23. The number of hydrogen-bond donors (Lipinski definition) is 4. The summed E-state index contributed by atoms with van der Waals surface area (Å²) < 4.78 is 0. The van der Waals surface area contributed by atoms with E-state index in [2.05, 4.69) is 21.7 Å². The number of urea groups is 1. The molecule has 1 saturated carbocycles. The van der Waals surface area contributed by atoms with E-state index in [1.54, 1.807) is 0 Å². The van der Waals surface area contributed by atoms with Crippen molar-refractivity contribution in [3.05, 3.63) is 0 Å². The Kier molecular flexibility index (Phi) is 1.93. The highest BCUT2D eigenvalue weighted by atomic mass is 16.2. The van der Waals surface area contributed by atoms with Crippen LogP contribution in [-0.4, -0.2) is 17.5 Å². The summed E-state index contributed by atoms with van der Waals surface area (Å²) in [6.45, 7) is 0. The van der Waals surface area contributed by atoms with Crippen molar-refractivity contribution in [2.75, 3.05) is 0 Å². The monoisotopic (exact) mass is 184 g/mol. The van der Waals surface area contributed by atoms with Gasteiger partial charge in [-0.15, -0.1) is 0 Å². The first-order chi connectivity index (χ1) is 6.20. The Hall–Kier alpha value is -1.14. The third kappa shape index (κ3) is 1.63. The molecule has 13 heavy (non-hydrogen) atoms. The number of hydrazine groups is 2. The summed E-state index contributed by atoms with van der Waals surface area (Å²) in [5, 5.41) is 2.72. The number of carbonyl (C=O) groups is 2. The quantitative estimate of drug-likeness (QED) is 0.395. The van der Waals surface area contributed by atoms with Crippen LogP contribution in [0.2, 0.25) is 0 Å². The summed E-state index contributed by atoms with van der Waals surface area (Å²) in [5.41, 5.74) is 7.21. The van der Waals surface area contributed by atoms with Crippen LogP contribution in [0.3, 0.4) is 0 Å². The van der Waals surface area contributed by atoms with E-state index in [4.69, 9.17) is 0 Å². The predicted octanol–water partition coefficient (Wildman–Crippen LogP) is -0.852. The average molecular weight is 184 g/mol. The Bertz CT molecular complexity index is 227. The molecule has 1 atom stereocenters. The fraction of sp³-hybridized carbons (Fsp3) is 0.714. The Labute approximate surface area is 75.4 Å². The lowest BCUT2D eigenvalue weighted by atomic mass is 9.88. The standard InChI is InChI=1S/C7H12N4O2/c12-5-2-1-3-7(4-5)8-6(13)9-11-10-7/h10-11H,1-4H2,(H2,8,9,13). The average Bonchev–Trinajstić information content (AvgIpc) is 2.02. The number of amides is 2. The molecule has 6 nitrogen and oxygen atoms in total. The number of ketones is 1. The summed E-state index contributed by atoms with van der Waals surface area (Å²) in [4.78, 5) is 22.2. The third-order valence-electron chi connectivity index (χ3n) is 2.39. The van der Waals surface area contributed by atoms with Crippen LogP contribution in [0.25, 0.3) is 0 Å². The molecular weight excluding hydrogens is 172 g/mol. The second-order valence-corrected chi connectivity index (χ2v) is 3.48. The topological polar surface area (TPSA) is 82.3 Å². The molecule has 6 heteroatoms. The lowest BCUT2D eigenvalue weighted by Crippen LogP contribution is -2.74. The zero-order valence-electron chi connectivity index (χ0n) is 7.14. The zero-order valence-corrected chi connectivity index (χ0v) is 7.14. The molecule has 1 aliphatic heterocycles. The summed E-state index contributed by atoms with van der Waals surface area (Å²) in [5.74, 6) is 0.183. The summed E-state index contributed by atoms with van der Waals surface area (Å²) >= 11 is 0. The van der Waals surface area contributed by atoms with Gasteiger partial charge < -0.3 is 5.32 Å². The molecule has 1 aliphatic carbocycles. The van der Waals surface area contributed by atoms with Crippen LogP contribution in [0.4, 0.5) is 4.79 Å². The third-order valence-corrected chi connectivity index (χ3v) is 2.39. The van der Waals surface area contributed by atoms with Crippen LogP contribution in [0.5, 0.6) is 0 Å². The number of hydrogen-bond acceptors (Lipinski definition) is 4. The molecule has 0 aromatic heterocycles. The molecule has 0 bridgehead atoms. The number of nitrogens with one attached hydrogen (secondary N) is 4. The van der Waals surface area contributed by atoms with Crippen molar-refractivity contribution < 1.29 is 9.59 Å². The van der Waals surface area contributed by atoms with Gasteiger partial charge in [0.15, 0.2) is 0 Å².